The van der Waals surface area contributed by atoms with E-state index in [1.165, 1.54) is 72.3 Å². The van der Waals surface area contributed by atoms with E-state index < -0.39 is 141 Å². The molecule has 0 unspecified atom stereocenters. The van der Waals surface area contributed by atoms with E-state index in [1.807, 2.05) is 0 Å². The number of aliphatic hydroxyl groups excluding tert-OH is 1. The monoisotopic (exact) mass is 2010 g/mol. The van der Waals surface area contributed by atoms with Crippen LogP contribution in [0.2, 0.25) is 0 Å². The SMILES string of the molecule is C1CCOC1.CC(C)(C)OC(=O)NCCO.CC(C)(C)OC(=O)NCCOc1ccc(N)c(N)c1.CC(C)(C)OC(=O)NCCOc1ccc([N+](=O)[O-])c([N+](=O)[O-])c1.CC(C)(C)OC(=O)NCCOc1ccc2[nH]c(=O)[nH]c2c1.O=C(NCCOc1ccc2[nH]c(=O)[nH]c2c1)c1cccn(Cc2ccc(F)c(F)c2)c1=O.O=C(O)c1cccn(Cc2ccc(F)c(F)c2)c1=O.O=[N+]([O-])c1ccc(F)cc1[N+](=O)[O-]. The Morgan fingerprint density at radius 1 is 0.406 bits per heavy atom. The Morgan fingerprint density at radius 3 is 1.11 bits per heavy atom. The minimum absolute atomic E-state index is 0.00993. The molecule has 0 saturated carbocycles. The van der Waals surface area contributed by atoms with Crippen molar-refractivity contribution in [3.05, 3.63) is 298 Å². The van der Waals surface area contributed by atoms with Gasteiger partial charge in [-0.15, -0.1) is 0 Å². The summed E-state index contributed by atoms with van der Waals surface area (Å²) in [5, 5.41) is 71.7. The summed E-state index contributed by atoms with van der Waals surface area (Å²) in [5.41, 5.74) is 8.39. The predicted molar refractivity (Wildman–Crippen MR) is 510 cm³/mol. The number of benzene rings is 7. The minimum Gasteiger partial charge on any atom is -0.492 e. The second-order valence-corrected chi connectivity index (χ2v) is 33.6. The largest absolute Gasteiger partial charge is 0.492 e. The van der Waals surface area contributed by atoms with Crippen LogP contribution in [0.3, 0.4) is 0 Å². The molecule has 143 heavy (non-hydrogen) atoms. The Hall–Kier alpha value is -17.0. The van der Waals surface area contributed by atoms with Gasteiger partial charge in [-0.2, -0.15) is 0 Å². The van der Waals surface area contributed by atoms with Crippen LogP contribution in [0.15, 0.2) is 183 Å². The molecule has 0 bridgehead atoms. The van der Waals surface area contributed by atoms with Gasteiger partial charge >= 0.3 is 64.5 Å². The number of aromatic nitrogens is 6. The molecular formula is C92H110F5N17O29. The molecule has 1 saturated heterocycles. The van der Waals surface area contributed by atoms with Crippen molar-refractivity contribution in [1.29, 1.82) is 0 Å². The quantitative estimate of drug-likeness (QED) is 0.00541. The average Bonchev–Trinajstić information content (AvgIpc) is 1.69. The first-order valence-electron chi connectivity index (χ1n) is 43.0. The van der Waals surface area contributed by atoms with E-state index in [0.29, 0.717) is 88.7 Å². The van der Waals surface area contributed by atoms with E-state index in [1.54, 1.807) is 138 Å². The highest BCUT2D eigenvalue weighted by atomic mass is 19.2. The average molecular weight is 2010 g/mol. The summed E-state index contributed by atoms with van der Waals surface area (Å²) in [6, 6.07) is 32.7. The van der Waals surface area contributed by atoms with Crippen LogP contribution in [0.1, 0.15) is 128 Å². The van der Waals surface area contributed by atoms with Gasteiger partial charge in [-0.25, -0.2) is 55.5 Å². The van der Waals surface area contributed by atoms with Crippen LogP contribution >= 0.6 is 0 Å². The smallest absolute Gasteiger partial charge is 0.407 e. The van der Waals surface area contributed by atoms with Crippen LogP contribution in [-0.4, -0.2) is 197 Å². The molecule has 0 aliphatic carbocycles. The van der Waals surface area contributed by atoms with E-state index in [9.17, 15) is 110 Å². The van der Waals surface area contributed by atoms with Gasteiger partial charge in [0.1, 0.15) is 88.8 Å². The molecule has 11 aromatic rings. The van der Waals surface area contributed by atoms with Gasteiger partial charge in [0.05, 0.1) is 111 Å². The molecule has 0 atom stereocenters. The highest BCUT2D eigenvalue weighted by Crippen LogP contribution is 2.32. The summed E-state index contributed by atoms with van der Waals surface area (Å²) in [5.74, 6) is -4.93. The van der Waals surface area contributed by atoms with Crippen molar-refractivity contribution in [3.8, 4) is 23.0 Å². The summed E-state index contributed by atoms with van der Waals surface area (Å²) >= 11 is 0. The van der Waals surface area contributed by atoms with E-state index in [-0.39, 0.29) is 80.8 Å². The number of anilines is 2. The Labute approximate surface area is 810 Å². The number of carboxylic acid groups (broad SMARTS) is 1. The lowest BCUT2D eigenvalue weighted by Gasteiger charge is -2.19. The highest BCUT2D eigenvalue weighted by Gasteiger charge is 2.28. The molecule has 5 heterocycles. The molecule has 15 N–H and O–H groups in total. The third kappa shape index (κ3) is 44.1. The fraction of sp³-hybridized carbons (Fsp3) is 0.348. The van der Waals surface area contributed by atoms with Crippen molar-refractivity contribution < 1.29 is 123 Å². The van der Waals surface area contributed by atoms with Crippen molar-refractivity contribution in [3.63, 3.8) is 0 Å². The number of pyridine rings is 2. The van der Waals surface area contributed by atoms with Gasteiger partial charge in [0.2, 0.25) is 0 Å². The Bertz CT molecular complexity index is 6430. The molecule has 12 rings (SSSR count). The summed E-state index contributed by atoms with van der Waals surface area (Å²) in [7, 11) is 0. The first-order valence-corrected chi connectivity index (χ1v) is 43.0. The number of imidazole rings is 2. The Kier molecular flexibility index (Phi) is 45.7. The van der Waals surface area contributed by atoms with Gasteiger partial charge in [0.25, 0.3) is 17.0 Å². The second kappa shape index (κ2) is 56.1. The van der Waals surface area contributed by atoms with Crippen LogP contribution in [-0.2, 0) is 36.8 Å². The molecule has 7 aromatic carbocycles. The Balaban J connectivity index is 0.000000297. The molecule has 1 aliphatic rings. The number of halogens is 5. The maximum Gasteiger partial charge on any atom is 0.407 e. The number of carbonyl (C=O) groups excluding carboxylic acids is 5. The molecule has 1 aliphatic heterocycles. The van der Waals surface area contributed by atoms with E-state index in [2.05, 4.69) is 46.5 Å². The number of carbonyl (C=O) groups is 6. The molecule has 0 radical (unpaired) electrons. The predicted octanol–water partition coefficient (Wildman–Crippen LogP) is 12.9. The van der Waals surface area contributed by atoms with E-state index >= 15 is 0 Å². The molecule has 0 spiro atoms. The summed E-state index contributed by atoms with van der Waals surface area (Å²) < 4.78 is 114. The first-order chi connectivity index (χ1) is 67.1. The Morgan fingerprint density at radius 2 is 0.748 bits per heavy atom. The number of aromatic amines is 4. The zero-order valence-electron chi connectivity index (χ0n) is 79.5. The third-order valence-electron chi connectivity index (χ3n) is 17.3. The number of aromatic carboxylic acids is 1. The van der Waals surface area contributed by atoms with Crippen molar-refractivity contribution in [2.75, 3.05) is 90.4 Å². The molecular weight excluding hydrogens is 1900 g/mol. The van der Waals surface area contributed by atoms with Gasteiger partial charge in [-0.1, -0.05) is 12.1 Å². The van der Waals surface area contributed by atoms with Crippen molar-refractivity contribution in [1.82, 2.24) is 55.7 Å². The number of hydrogen-bond donors (Lipinski definition) is 13. The number of nitrogen functional groups attached to an aromatic ring is 2. The molecule has 5 amide bonds. The lowest BCUT2D eigenvalue weighted by atomic mass is 10.2. The number of rotatable bonds is 28. The number of nitrogens with zero attached hydrogens (tertiary/aromatic N) is 6. The van der Waals surface area contributed by atoms with E-state index in [0.717, 1.165) is 71.8 Å². The number of nitro groups is 4. The fourth-order valence-corrected chi connectivity index (χ4v) is 11.2. The number of nitrogens with two attached hydrogens (primary N) is 2. The van der Waals surface area contributed by atoms with Crippen molar-refractivity contribution >= 4 is 92.4 Å². The number of hydrogen-bond acceptors (Lipinski definition) is 30. The third-order valence-corrected chi connectivity index (χ3v) is 17.3. The van der Waals surface area contributed by atoms with Gasteiger partial charge in [0, 0.05) is 62.5 Å². The molecule has 46 nitrogen and oxygen atoms in total. The number of carboxylic acids is 1. The number of nitro benzene ring substituents is 4. The van der Waals surface area contributed by atoms with Crippen LogP contribution in [0.25, 0.3) is 22.1 Å². The number of amides is 5. The zero-order valence-corrected chi connectivity index (χ0v) is 79.5. The first kappa shape index (κ1) is 116. The number of fused-ring (bicyclic) bond motifs is 2. The normalized spacial score (nSPS) is 11.2. The van der Waals surface area contributed by atoms with Crippen LogP contribution in [0.5, 0.6) is 23.0 Å². The van der Waals surface area contributed by atoms with E-state index in [4.69, 9.17) is 64.3 Å². The van der Waals surface area contributed by atoms with Gasteiger partial charge in [-0.3, -0.25) is 54.8 Å². The molecule has 51 heteroatoms. The number of nitrogens with one attached hydrogen (secondary N) is 9. The number of H-pyrrole nitrogens is 4. The van der Waals surface area contributed by atoms with Gasteiger partial charge in [-0.05, 0) is 204 Å². The van der Waals surface area contributed by atoms with Crippen LogP contribution < -0.4 is 79.5 Å². The lowest BCUT2D eigenvalue weighted by Crippen LogP contribution is -2.34. The molecule has 1 fully saturated rings. The van der Waals surface area contributed by atoms with Crippen LogP contribution in [0.4, 0.5) is 75.3 Å². The standard InChI is InChI=1S/C22H18F2N4O4.C14H19N3O4.C13H9F2NO3.C13H17N3O7.C13H21N3O3.C7H15NO3.C6H3FN2O4.C4H8O/c23-16-5-3-13(10-17(16)24)12-28-8-1-2-15(21(28)30)20(29)25-7-9-32-14-4-6-18-19(11-14)27-22(31)26-18;1-14(2,3)21-13(19)15-6-7-20-9-4-5-10-11(8-9)17-12(18)16-10;14-10-4-3-8(6-11(10)15)7-16-5-1-2-9(12(16)17)13(18)19;1-13(2,3)23-12(17)14-6-7-22-9-4-5-10(15(18)19)11(8-9)16(20)21;1-13(2,3)19-12(17)16-6-7-18-9-4-5-10(14)11(15)8-9;1-7(2,3)11-6(10)8-4-5-9;7-4-1-2-5(8(10)11)6(3-4)9(12)13;1-2-4-5-3-1/h1-6,8,10-11H,7,9,12H2,(H,25,29)(H2,26,27,31);4-5,8H,6-7H2,1-3H3,(H,15,19)(H2,16,17,18);1-6H,7H2,(H,18,19);4-5,8H,6-7H2,1-3H3,(H,14,17);4-5,8H,6-7,14-15H2,1-3H3,(H,16,17);9H,4-5H2,1-3H3,(H,8,10);1-3H;1-4H2. The topological polar surface area (TPSA) is 652 Å². The molecule has 772 valence electrons. The lowest BCUT2D eigenvalue weighted by molar-refractivity contribution is -0.422. The summed E-state index contributed by atoms with van der Waals surface area (Å²) in [6.45, 7) is 25.2. The second-order valence-electron chi connectivity index (χ2n) is 33.6. The van der Waals surface area contributed by atoms with Crippen molar-refractivity contribution in [2.45, 2.75) is 131 Å². The zero-order chi connectivity index (χ0) is 107. The van der Waals surface area contributed by atoms with Gasteiger partial charge in [0.15, 0.2) is 23.3 Å². The van der Waals surface area contributed by atoms with Crippen LogP contribution in [0, 0.1) is 69.5 Å². The fourth-order valence-electron chi connectivity index (χ4n) is 11.2. The summed E-state index contributed by atoms with van der Waals surface area (Å²) in [6.07, 6.45) is 3.35. The summed E-state index contributed by atoms with van der Waals surface area (Å²) in [4.78, 5) is 164. The number of aliphatic hydroxyl groups is 1. The number of ether oxygens (including phenoxy) is 9. The maximum absolute atomic E-state index is 13.4. The maximum atomic E-state index is 13.4. The highest BCUT2D eigenvalue weighted by molar-refractivity contribution is 5.93. The minimum atomic E-state index is -1.33. The number of alkyl carbamates (subject to hydrolysis) is 4. The van der Waals surface area contributed by atoms with Gasteiger partial charge < -0.3 is 120 Å². The molecule has 4 aromatic heterocycles. The van der Waals surface area contributed by atoms with Crippen molar-refractivity contribution in [2.24, 2.45) is 0 Å².